The number of hydrogen-bond acceptors (Lipinski definition) is 4. The van der Waals surface area contributed by atoms with Crippen LogP contribution in [-0.2, 0) is 6.42 Å². The molecule has 4 aromatic rings. The molecule has 0 saturated heterocycles. The standard InChI is InChI=1S/C18H18N6O2/c25-17-10-13(22-24-17)2-1-6-19-18(26)12-4-3-11-8-16(21-15(11)9-12)14-5-7-20-23-14/h3-5,7-10,21H,1-2,6H2,(H,19,26)(H,20,23)(H2,22,24,25). The van der Waals surface area contributed by atoms with Gasteiger partial charge in [-0.3, -0.25) is 9.89 Å². The molecule has 0 radical (unpaired) electrons. The first-order valence-corrected chi connectivity index (χ1v) is 8.33. The van der Waals surface area contributed by atoms with E-state index in [0.717, 1.165) is 34.4 Å². The third-order valence-electron chi connectivity index (χ3n) is 4.17. The molecule has 1 amide bonds. The lowest BCUT2D eigenvalue weighted by Gasteiger charge is -2.04. The number of nitrogens with one attached hydrogen (secondary N) is 4. The van der Waals surface area contributed by atoms with E-state index < -0.39 is 0 Å². The van der Waals surface area contributed by atoms with Gasteiger partial charge in [-0.15, -0.1) is 0 Å². The van der Waals surface area contributed by atoms with Gasteiger partial charge >= 0.3 is 0 Å². The predicted molar refractivity (Wildman–Crippen MR) is 96.8 cm³/mol. The molecule has 3 heterocycles. The Morgan fingerprint density at radius 1 is 1.15 bits per heavy atom. The Morgan fingerprint density at radius 3 is 2.85 bits per heavy atom. The number of benzene rings is 1. The van der Waals surface area contributed by atoms with E-state index >= 15 is 0 Å². The van der Waals surface area contributed by atoms with Crippen molar-refractivity contribution in [1.29, 1.82) is 0 Å². The lowest BCUT2D eigenvalue weighted by Crippen LogP contribution is -2.24. The lowest BCUT2D eigenvalue weighted by atomic mass is 10.1. The quantitative estimate of drug-likeness (QED) is 0.343. The van der Waals surface area contributed by atoms with Crippen LogP contribution in [0.15, 0.2) is 42.6 Å². The summed E-state index contributed by atoms with van der Waals surface area (Å²) in [7, 11) is 0. The van der Waals surface area contributed by atoms with E-state index in [2.05, 4.69) is 30.7 Å². The maximum atomic E-state index is 12.3. The van der Waals surface area contributed by atoms with Crippen LogP contribution < -0.4 is 5.32 Å². The summed E-state index contributed by atoms with van der Waals surface area (Å²) in [6.45, 7) is 0.535. The predicted octanol–water partition coefficient (Wildman–Crippen LogP) is 2.35. The van der Waals surface area contributed by atoms with Crippen molar-refractivity contribution in [1.82, 2.24) is 30.7 Å². The van der Waals surface area contributed by atoms with Crippen LogP contribution in [0.2, 0.25) is 0 Å². The highest BCUT2D eigenvalue weighted by molar-refractivity contribution is 5.98. The summed E-state index contributed by atoms with van der Waals surface area (Å²) in [5.74, 6) is -0.0646. The zero-order valence-electron chi connectivity index (χ0n) is 13.9. The normalized spacial score (nSPS) is 11.1. The minimum Gasteiger partial charge on any atom is -0.494 e. The molecule has 0 atom stereocenters. The van der Waals surface area contributed by atoms with Crippen LogP contribution in [0.1, 0.15) is 22.5 Å². The molecular formula is C18H18N6O2. The Hall–Kier alpha value is -3.55. The molecule has 0 unspecified atom stereocenters. The van der Waals surface area contributed by atoms with Crippen LogP contribution in [0.25, 0.3) is 22.3 Å². The highest BCUT2D eigenvalue weighted by atomic mass is 16.3. The van der Waals surface area contributed by atoms with E-state index in [4.69, 9.17) is 0 Å². The zero-order valence-corrected chi connectivity index (χ0v) is 13.9. The van der Waals surface area contributed by atoms with E-state index in [9.17, 15) is 9.90 Å². The SMILES string of the molecule is O=C(NCCCc1cc(O)[nH]n1)c1ccc2cc(-c3cc[nH]n3)[nH]c2c1. The Labute approximate surface area is 148 Å². The molecule has 3 aromatic heterocycles. The summed E-state index contributed by atoms with van der Waals surface area (Å²) in [6.07, 6.45) is 3.19. The molecule has 0 saturated carbocycles. The number of aryl methyl sites for hydroxylation is 1. The highest BCUT2D eigenvalue weighted by Gasteiger charge is 2.09. The molecule has 0 fully saturated rings. The van der Waals surface area contributed by atoms with Crippen molar-refractivity contribution >= 4 is 16.8 Å². The first kappa shape index (κ1) is 15.9. The van der Waals surface area contributed by atoms with E-state index in [1.54, 1.807) is 12.3 Å². The molecule has 0 aliphatic rings. The van der Waals surface area contributed by atoms with Crippen molar-refractivity contribution in [3.63, 3.8) is 0 Å². The van der Waals surface area contributed by atoms with Crippen molar-refractivity contribution in [3.8, 4) is 17.3 Å². The average Bonchev–Trinajstić information content (AvgIpc) is 3.37. The Morgan fingerprint density at radius 2 is 2.08 bits per heavy atom. The fourth-order valence-electron chi connectivity index (χ4n) is 2.87. The fourth-order valence-corrected chi connectivity index (χ4v) is 2.87. The Bertz CT molecular complexity index is 1030. The van der Waals surface area contributed by atoms with Gasteiger partial charge in [-0.05, 0) is 37.1 Å². The number of amides is 1. The number of carbonyl (C=O) groups excluding carboxylic acids is 1. The first-order chi connectivity index (χ1) is 12.7. The Kier molecular flexibility index (Phi) is 4.14. The molecule has 0 spiro atoms. The van der Waals surface area contributed by atoms with Crippen LogP contribution in [0.5, 0.6) is 5.88 Å². The third-order valence-corrected chi connectivity index (χ3v) is 4.17. The minimum atomic E-state index is -0.118. The summed E-state index contributed by atoms with van der Waals surface area (Å²) >= 11 is 0. The number of H-pyrrole nitrogens is 3. The minimum absolute atomic E-state index is 0.0532. The largest absolute Gasteiger partial charge is 0.494 e. The molecule has 1 aromatic carbocycles. The van der Waals surface area contributed by atoms with Crippen LogP contribution in [0.3, 0.4) is 0 Å². The molecule has 0 aliphatic carbocycles. The topological polar surface area (TPSA) is 122 Å². The van der Waals surface area contributed by atoms with Crippen molar-refractivity contribution in [3.05, 3.63) is 53.9 Å². The number of aromatic hydroxyl groups is 1. The van der Waals surface area contributed by atoms with Gasteiger partial charge in [0.05, 0.1) is 11.4 Å². The summed E-state index contributed by atoms with van der Waals surface area (Å²) in [6, 6.07) is 11.0. The van der Waals surface area contributed by atoms with E-state index in [-0.39, 0.29) is 11.8 Å². The van der Waals surface area contributed by atoms with Gasteiger partial charge in [-0.25, -0.2) is 5.10 Å². The maximum absolute atomic E-state index is 12.3. The van der Waals surface area contributed by atoms with E-state index in [1.165, 1.54) is 0 Å². The number of aromatic nitrogens is 5. The smallest absolute Gasteiger partial charge is 0.251 e. The zero-order chi connectivity index (χ0) is 17.9. The molecule has 8 heteroatoms. The van der Waals surface area contributed by atoms with Gasteiger partial charge in [-0.2, -0.15) is 10.2 Å². The summed E-state index contributed by atoms with van der Waals surface area (Å²) in [5.41, 5.74) is 4.00. The summed E-state index contributed by atoms with van der Waals surface area (Å²) in [4.78, 5) is 15.6. The highest BCUT2D eigenvalue weighted by Crippen LogP contribution is 2.23. The van der Waals surface area contributed by atoms with Gasteiger partial charge < -0.3 is 15.4 Å². The van der Waals surface area contributed by atoms with Crippen molar-refractivity contribution in [2.24, 2.45) is 0 Å². The second-order valence-corrected chi connectivity index (χ2v) is 6.05. The average molecular weight is 350 g/mol. The van der Waals surface area contributed by atoms with Crippen LogP contribution >= 0.6 is 0 Å². The second-order valence-electron chi connectivity index (χ2n) is 6.05. The van der Waals surface area contributed by atoms with Gasteiger partial charge in [-0.1, -0.05) is 6.07 Å². The van der Waals surface area contributed by atoms with Gasteiger partial charge in [0, 0.05) is 35.3 Å². The number of carbonyl (C=O) groups is 1. The van der Waals surface area contributed by atoms with Crippen LogP contribution in [0.4, 0.5) is 0 Å². The maximum Gasteiger partial charge on any atom is 0.251 e. The van der Waals surface area contributed by atoms with Gasteiger partial charge in [0.2, 0.25) is 5.88 Å². The number of hydrogen-bond donors (Lipinski definition) is 5. The number of aromatic amines is 3. The Balaban J connectivity index is 1.38. The summed E-state index contributed by atoms with van der Waals surface area (Å²) < 4.78 is 0. The molecule has 0 bridgehead atoms. The van der Waals surface area contributed by atoms with Crippen molar-refractivity contribution < 1.29 is 9.90 Å². The number of fused-ring (bicyclic) bond motifs is 1. The van der Waals surface area contributed by atoms with Gasteiger partial charge in [0.15, 0.2) is 0 Å². The van der Waals surface area contributed by atoms with E-state index in [0.29, 0.717) is 18.5 Å². The third kappa shape index (κ3) is 3.30. The lowest BCUT2D eigenvalue weighted by molar-refractivity contribution is 0.0953. The molecule has 0 aliphatic heterocycles. The first-order valence-electron chi connectivity index (χ1n) is 8.33. The molecule has 4 rings (SSSR count). The second kappa shape index (κ2) is 6.75. The molecule has 132 valence electrons. The molecule has 5 N–H and O–H groups in total. The van der Waals surface area contributed by atoms with Gasteiger partial charge in [0.25, 0.3) is 5.91 Å². The van der Waals surface area contributed by atoms with E-state index in [1.807, 2.05) is 30.3 Å². The monoisotopic (exact) mass is 350 g/mol. The number of rotatable bonds is 6. The van der Waals surface area contributed by atoms with Crippen molar-refractivity contribution in [2.75, 3.05) is 6.54 Å². The van der Waals surface area contributed by atoms with Crippen LogP contribution in [-0.4, -0.2) is 42.9 Å². The van der Waals surface area contributed by atoms with Crippen molar-refractivity contribution in [2.45, 2.75) is 12.8 Å². The molecule has 8 nitrogen and oxygen atoms in total. The van der Waals surface area contributed by atoms with Gasteiger partial charge in [0.1, 0.15) is 5.69 Å². The number of nitrogens with zero attached hydrogens (tertiary/aromatic N) is 2. The molecule has 26 heavy (non-hydrogen) atoms. The fraction of sp³-hybridized carbons (Fsp3) is 0.167. The molecular weight excluding hydrogens is 332 g/mol. The summed E-state index contributed by atoms with van der Waals surface area (Å²) in [5, 5.41) is 26.5. The van der Waals surface area contributed by atoms with Crippen LogP contribution in [0, 0.1) is 0 Å².